The minimum atomic E-state index is -0.0301. The number of hydrogen-bond acceptors (Lipinski definition) is 3. The zero-order valence-corrected chi connectivity index (χ0v) is 13.2. The molecule has 18 heavy (non-hydrogen) atoms. The molecule has 1 fully saturated rings. The summed E-state index contributed by atoms with van der Waals surface area (Å²) in [4.78, 5) is 2.59. The van der Waals surface area contributed by atoms with E-state index in [9.17, 15) is 0 Å². The summed E-state index contributed by atoms with van der Waals surface area (Å²) >= 11 is 0. The third-order valence-electron chi connectivity index (χ3n) is 3.57. The molecule has 0 bridgehead atoms. The lowest BCUT2D eigenvalue weighted by atomic mass is 9.96. The molecule has 1 aliphatic rings. The Morgan fingerprint density at radius 2 is 1.72 bits per heavy atom. The van der Waals surface area contributed by atoms with Crippen LogP contribution < -0.4 is 5.32 Å². The Hall–Kier alpha value is -0.120. The molecule has 0 aromatic rings. The van der Waals surface area contributed by atoms with Crippen molar-refractivity contribution in [1.29, 1.82) is 0 Å². The lowest BCUT2D eigenvalue weighted by Crippen LogP contribution is -2.59. The first-order chi connectivity index (χ1) is 8.26. The van der Waals surface area contributed by atoms with Crippen LogP contribution in [0.5, 0.6) is 0 Å². The molecule has 108 valence electrons. The quantitative estimate of drug-likeness (QED) is 0.740. The molecule has 3 heteroatoms. The molecular formula is C15H32N2O. The lowest BCUT2D eigenvalue weighted by Gasteiger charge is -2.49. The normalized spacial score (nSPS) is 25.0. The van der Waals surface area contributed by atoms with Crippen LogP contribution in [0.25, 0.3) is 0 Å². The molecule has 0 aliphatic carbocycles. The first-order valence-electron chi connectivity index (χ1n) is 7.41. The standard InChI is InChI=1S/C15H32N2O/c1-7-16-10-8-9-13(2)17-11-14(3,4)18-15(5,6)12-17/h13,16H,7-12H2,1-6H3. The van der Waals surface area contributed by atoms with Crippen LogP contribution in [0.2, 0.25) is 0 Å². The number of morpholine rings is 1. The van der Waals surface area contributed by atoms with Gasteiger partial charge in [-0.05, 0) is 60.5 Å². The van der Waals surface area contributed by atoms with Gasteiger partial charge in [-0.15, -0.1) is 0 Å². The van der Waals surface area contributed by atoms with E-state index in [4.69, 9.17) is 4.74 Å². The average Bonchev–Trinajstić information content (AvgIpc) is 2.19. The van der Waals surface area contributed by atoms with E-state index in [0.717, 1.165) is 26.2 Å². The van der Waals surface area contributed by atoms with E-state index in [1.54, 1.807) is 0 Å². The van der Waals surface area contributed by atoms with Gasteiger partial charge in [0.1, 0.15) is 0 Å². The van der Waals surface area contributed by atoms with Gasteiger partial charge in [0, 0.05) is 19.1 Å². The summed E-state index contributed by atoms with van der Waals surface area (Å²) < 4.78 is 6.13. The SMILES string of the molecule is CCNCCCC(C)N1CC(C)(C)OC(C)(C)C1. The summed E-state index contributed by atoms with van der Waals surface area (Å²) in [6, 6.07) is 0.645. The summed E-state index contributed by atoms with van der Waals surface area (Å²) in [6.07, 6.45) is 2.52. The molecule has 0 amide bonds. The van der Waals surface area contributed by atoms with Crippen molar-refractivity contribution in [2.75, 3.05) is 26.2 Å². The van der Waals surface area contributed by atoms with E-state index in [1.165, 1.54) is 12.8 Å². The molecule has 1 aliphatic heterocycles. The summed E-state index contributed by atoms with van der Waals surface area (Å²) in [5.41, 5.74) is -0.0602. The van der Waals surface area contributed by atoms with Crippen LogP contribution in [0.15, 0.2) is 0 Å². The highest BCUT2D eigenvalue weighted by atomic mass is 16.5. The molecule has 1 N–H and O–H groups in total. The van der Waals surface area contributed by atoms with Gasteiger partial charge < -0.3 is 10.1 Å². The van der Waals surface area contributed by atoms with Gasteiger partial charge in [-0.3, -0.25) is 4.90 Å². The van der Waals surface area contributed by atoms with Crippen LogP contribution in [0.3, 0.4) is 0 Å². The maximum absolute atomic E-state index is 6.13. The second kappa shape index (κ2) is 6.36. The van der Waals surface area contributed by atoms with E-state index < -0.39 is 0 Å². The minimum Gasteiger partial charge on any atom is -0.367 e. The van der Waals surface area contributed by atoms with Gasteiger partial charge in [0.25, 0.3) is 0 Å². The Bertz CT molecular complexity index is 235. The van der Waals surface area contributed by atoms with Crippen molar-refractivity contribution in [3.8, 4) is 0 Å². The highest BCUT2D eigenvalue weighted by molar-refractivity contribution is 4.90. The van der Waals surface area contributed by atoms with Crippen LogP contribution in [-0.4, -0.2) is 48.3 Å². The predicted octanol–water partition coefficient (Wildman–Crippen LogP) is 2.65. The molecule has 0 aromatic heterocycles. The van der Waals surface area contributed by atoms with Gasteiger partial charge in [-0.25, -0.2) is 0 Å². The predicted molar refractivity (Wildman–Crippen MR) is 78.1 cm³/mol. The molecule has 1 saturated heterocycles. The number of nitrogens with zero attached hydrogens (tertiary/aromatic N) is 1. The molecule has 0 aromatic carbocycles. The van der Waals surface area contributed by atoms with E-state index in [-0.39, 0.29) is 11.2 Å². The van der Waals surface area contributed by atoms with Crippen molar-refractivity contribution in [2.45, 2.75) is 71.6 Å². The summed E-state index contributed by atoms with van der Waals surface area (Å²) in [6.45, 7) is 17.6. The molecular weight excluding hydrogens is 224 g/mol. The molecule has 3 nitrogen and oxygen atoms in total. The molecule has 1 heterocycles. The number of nitrogens with one attached hydrogen (secondary N) is 1. The molecule has 1 rings (SSSR count). The van der Waals surface area contributed by atoms with Gasteiger partial charge >= 0.3 is 0 Å². The van der Waals surface area contributed by atoms with E-state index >= 15 is 0 Å². The van der Waals surface area contributed by atoms with Crippen LogP contribution in [0.4, 0.5) is 0 Å². The second-order valence-electron chi connectivity index (χ2n) is 6.87. The monoisotopic (exact) mass is 256 g/mol. The summed E-state index contributed by atoms with van der Waals surface area (Å²) in [5.74, 6) is 0. The Balaban J connectivity index is 2.44. The largest absolute Gasteiger partial charge is 0.367 e. The zero-order chi connectivity index (χ0) is 13.8. The van der Waals surface area contributed by atoms with Crippen molar-refractivity contribution in [2.24, 2.45) is 0 Å². The highest BCUT2D eigenvalue weighted by Crippen LogP contribution is 2.29. The smallest absolute Gasteiger partial charge is 0.0760 e. The van der Waals surface area contributed by atoms with Crippen molar-refractivity contribution >= 4 is 0 Å². The van der Waals surface area contributed by atoms with Crippen molar-refractivity contribution in [3.63, 3.8) is 0 Å². The molecule has 1 unspecified atom stereocenters. The number of rotatable bonds is 6. The molecule has 0 radical (unpaired) electrons. The molecule has 0 spiro atoms. The lowest BCUT2D eigenvalue weighted by molar-refractivity contribution is -0.187. The second-order valence-corrected chi connectivity index (χ2v) is 6.87. The maximum atomic E-state index is 6.13. The van der Waals surface area contributed by atoms with Gasteiger partial charge in [-0.1, -0.05) is 6.92 Å². The van der Waals surface area contributed by atoms with Crippen molar-refractivity contribution in [1.82, 2.24) is 10.2 Å². The Morgan fingerprint density at radius 1 is 1.17 bits per heavy atom. The Labute approximate surface area is 113 Å². The van der Waals surface area contributed by atoms with Gasteiger partial charge in [-0.2, -0.15) is 0 Å². The van der Waals surface area contributed by atoms with Crippen LogP contribution in [0, 0.1) is 0 Å². The Morgan fingerprint density at radius 3 is 2.22 bits per heavy atom. The summed E-state index contributed by atoms with van der Waals surface area (Å²) in [5, 5.41) is 3.40. The fourth-order valence-electron chi connectivity index (χ4n) is 3.04. The molecule has 0 saturated carbocycles. The average molecular weight is 256 g/mol. The first kappa shape index (κ1) is 15.9. The topological polar surface area (TPSA) is 24.5 Å². The van der Waals surface area contributed by atoms with Crippen LogP contribution in [0.1, 0.15) is 54.4 Å². The Kier molecular flexibility index (Phi) is 5.63. The maximum Gasteiger partial charge on any atom is 0.0760 e. The fraction of sp³-hybridized carbons (Fsp3) is 1.00. The highest BCUT2D eigenvalue weighted by Gasteiger charge is 2.39. The van der Waals surface area contributed by atoms with Gasteiger partial charge in [0.2, 0.25) is 0 Å². The zero-order valence-electron chi connectivity index (χ0n) is 13.2. The van der Waals surface area contributed by atoms with Gasteiger partial charge in [0.15, 0.2) is 0 Å². The van der Waals surface area contributed by atoms with Crippen molar-refractivity contribution in [3.05, 3.63) is 0 Å². The summed E-state index contributed by atoms with van der Waals surface area (Å²) in [7, 11) is 0. The van der Waals surface area contributed by atoms with E-state index in [1.807, 2.05) is 0 Å². The van der Waals surface area contributed by atoms with E-state index in [0.29, 0.717) is 6.04 Å². The van der Waals surface area contributed by atoms with Gasteiger partial charge in [0.05, 0.1) is 11.2 Å². The van der Waals surface area contributed by atoms with Crippen LogP contribution in [-0.2, 0) is 4.74 Å². The van der Waals surface area contributed by atoms with Crippen molar-refractivity contribution < 1.29 is 4.74 Å². The van der Waals surface area contributed by atoms with E-state index in [2.05, 4.69) is 51.8 Å². The molecule has 1 atom stereocenters. The third-order valence-corrected chi connectivity index (χ3v) is 3.57. The fourth-order valence-corrected chi connectivity index (χ4v) is 3.04. The van der Waals surface area contributed by atoms with Crippen LogP contribution >= 0.6 is 0 Å². The minimum absolute atomic E-state index is 0.0301. The number of hydrogen-bond donors (Lipinski definition) is 1. The third kappa shape index (κ3) is 5.25. The first-order valence-corrected chi connectivity index (χ1v) is 7.41. The number of ether oxygens (including phenoxy) is 1.